The van der Waals surface area contributed by atoms with Crippen molar-refractivity contribution in [2.45, 2.75) is 32.8 Å². The van der Waals surface area contributed by atoms with E-state index in [0.29, 0.717) is 32.7 Å². The summed E-state index contributed by atoms with van der Waals surface area (Å²) in [5.41, 5.74) is 4.36. The van der Waals surface area contributed by atoms with Crippen LogP contribution in [0.3, 0.4) is 0 Å². The molecule has 0 bridgehead atoms. The number of H-pyrrole nitrogens is 1. The summed E-state index contributed by atoms with van der Waals surface area (Å²) < 4.78 is 5.78. The average molecular weight is 602 g/mol. The number of pyridine rings is 1. The fourth-order valence-corrected chi connectivity index (χ4v) is 5.20. The Bertz CT molecular complexity index is 1730. The first kappa shape index (κ1) is 29.2. The van der Waals surface area contributed by atoms with Gasteiger partial charge in [-0.25, -0.2) is 4.79 Å². The number of fused-ring (bicyclic) bond motifs is 1. The van der Waals surface area contributed by atoms with Gasteiger partial charge in [-0.3, -0.25) is 4.79 Å². The van der Waals surface area contributed by atoms with E-state index >= 15 is 0 Å². The molecule has 214 valence electrons. The molecule has 3 N–H and O–H groups in total. The number of anilines is 2. The number of halogens is 2. The van der Waals surface area contributed by atoms with Gasteiger partial charge in [-0.05, 0) is 77.4 Å². The van der Waals surface area contributed by atoms with E-state index in [0.717, 1.165) is 22.1 Å². The molecule has 0 aliphatic carbocycles. The van der Waals surface area contributed by atoms with E-state index in [-0.39, 0.29) is 11.5 Å². The number of benzene rings is 4. The van der Waals surface area contributed by atoms with Crippen molar-refractivity contribution >= 4 is 51.4 Å². The molecule has 1 aromatic heterocycles. The Hall–Kier alpha value is -4.26. The predicted molar refractivity (Wildman–Crippen MR) is 170 cm³/mol. The topological polar surface area (TPSA) is 91.4 Å². The Kier molecular flexibility index (Phi) is 8.30. The first-order valence-electron chi connectivity index (χ1n) is 13.4. The molecule has 5 rings (SSSR count). The highest BCUT2D eigenvalue weighted by Gasteiger charge is 2.33. The molecule has 0 amide bonds. The number of aromatic nitrogens is 1. The molecule has 1 heterocycles. The third-order valence-electron chi connectivity index (χ3n) is 7.01. The van der Waals surface area contributed by atoms with Crippen LogP contribution in [0.5, 0.6) is 5.75 Å². The highest BCUT2D eigenvalue weighted by molar-refractivity contribution is 6.30. The highest BCUT2D eigenvalue weighted by Crippen LogP contribution is 2.36. The van der Waals surface area contributed by atoms with E-state index in [2.05, 4.69) is 16.4 Å². The Morgan fingerprint density at radius 2 is 1.36 bits per heavy atom. The number of hydrogen-bond acceptors (Lipinski definition) is 4. The SMILES string of the molecule is CC(C)(C)C(Oc1ccc(Nc2cc(=O)[nH]c3ccc(C(c4ccc(Cl)cc4)c4ccc(Cl)cc4)cc23)cc1)C(=O)O. The minimum Gasteiger partial charge on any atom is -0.478 e. The largest absolute Gasteiger partial charge is 0.478 e. The summed E-state index contributed by atoms with van der Waals surface area (Å²) in [7, 11) is 0. The van der Waals surface area contributed by atoms with Crippen LogP contribution < -0.4 is 15.6 Å². The van der Waals surface area contributed by atoms with Gasteiger partial charge in [-0.2, -0.15) is 0 Å². The Balaban J connectivity index is 1.51. The number of aromatic amines is 1. The van der Waals surface area contributed by atoms with Gasteiger partial charge in [0.2, 0.25) is 5.56 Å². The zero-order chi connectivity index (χ0) is 30.0. The van der Waals surface area contributed by atoms with Gasteiger partial charge in [-0.15, -0.1) is 0 Å². The maximum absolute atomic E-state index is 12.6. The number of nitrogens with one attached hydrogen (secondary N) is 2. The van der Waals surface area contributed by atoms with Crippen LogP contribution in [0.2, 0.25) is 10.0 Å². The van der Waals surface area contributed by atoms with Crippen molar-refractivity contribution in [3.05, 3.63) is 134 Å². The van der Waals surface area contributed by atoms with Crippen LogP contribution in [-0.4, -0.2) is 22.2 Å². The molecule has 6 nitrogen and oxygen atoms in total. The molecule has 0 fully saturated rings. The number of carboxylic acids is 1. The number of hydrogen-bond donors (Lipinski definition) is 3. The van der Waals surface area contributed by atoms with E-state index in [1.165, 1.54) is 6.07 Å². The molecule has 8 heteroatoms. The second-order valence-electron chi connectivity index (χ2n) is 11.2. The minimum absolute atomic E-state index is 0.106. The van der Waals surface area contributed by atoms with Gasteiger partial charge in [-0.1, -0.05) is 74.3 Å². The summed E-state index contributed by atoms with van der Waals surface area (Å²) in [4.78, 5) is 27.2. The van der Waals surface area contributed by atoms with Gasteiger partial charge in [0, 0.05) is 38.5 Å². The summed E-state index contributed by atoms with van der Waals surface area (Å²) in [6.45, 7) is 5.45. The lowest BCUT2D eigenvalue weighted by atomic mass is 9.84. The van der Waals surface area contributed by atoms with Crippen LogP contribution in [0.25, 0.3) is 10.9 Å². The van der Waals surface area contributed by atoms with E-state index in [4.69, 9.17) is 27.9 Å². The van der Waals surface area contributed by atoms with Crippen molar-refractivity contribution in [3.63, 3.8) is 0 Å². The first-order valence-corrected chi connectivity index (χ1v) is 14.2. The lowest BCUT2D eigenvalue weighted by molar-refractivity contribution is -0.150. The molecule has 0 aliphatic rings. The molecule has 42 heavy (non-hydrogen) atoms. The fourth-order valence-electron chi connectivity index (χ4n) is 4.95. The molecule has 0 spiro atoms. The minimum atomic E-state index is -1.02. The van der Waals surface area contributed by atoms with E-state index in [9.17, 15) is 14.7 Å². The number of carboxylic acid groups (broad SMARTS) is 1. The van der Waals surface area contributed by atoms with Crippen LogP contribution in [0.15, 0.2) is 102 Å². The van der Waals surface area contributed by atoms with Crippen molar-refractivity contribution in [1.29, 1.82) is 0 Å². The second-order valence-corrected chi connectivity index (χ2v) is 12.1. The van der Waals surface area contributed by atoms with Gasteiger partial charge < -0.3 is 20.1 Å². The Morgan fingerprint density at radius 3 is 1.88 bits per heavy atom. The molecule has 1 atom stereocenters. The zero-order valence-electron chi connectivity index (χ0n) is 23.3. The maximum Gasteiger partial charge on any atom is 0.345 e. The summed E-state index contributed by atoms with van der Waals surface area (Å²) in [6.07, 6.45) is -0.999. The van der Waals surface area contributed by atoms with Crippen molar-refractivity contribution in [3.8, 4) is 5.75 Å². The maximum atomic E-state index is 12.6. The number of carbonyl (C=O) groups is 1. The number of ether oxygens (including phenoxy) is 1. The summed E-state index contributed by atoms with van der Waals surface area (Å²) in [6, 6.07) is 30.0. The van der Waals surface area contributed by atoms with Crippen LogP contribution in [0, 0.1) is 5.41 Å². The summed E-state index contributed by atoms with van der Waals surface area (Å²) in [5.74, 6) is -0.689. The second kappa shape index (κ2) is 11.9. The zero-order valence-corrected chi connectivity index (χ0v) is 24.8. The molecule has 0 saturated carbocycles. The number of aliphatic carboxylic acids is 1. The third-order valence-corrected chi connectivity index (χ3v) is 7.51. The van der Waals surface area contributed by atoms with Crippen LogP contribution in [-0.2, 0) is 4.79 Å². The van der Waals surface area contributed by atoms with E-state index in [1.807, 2.05) is 81.4 Å². The molecular weight excluding hydrogens is 571 g/mol. The van der Waals surface area contributed by atoms with E-state index < -0.39 is 17.5 Å². The van der Waals surface area contributed by atoms with Crippen molar-refractivity contribution in [1.82, 2.24) is 4.98 Å². The Labute approximate surface area is 253 Å². The molecule has 0 radical (unpaired) electrons. The normalized spacial score (nSPS) is 12.3. The molecular formula is C34H30Cl2N2O4. The van der Waals surface area contributed by atoms with Crippen molar-refractivity contribution in [2.24, 2.45) is 5.41 Å². The summed E-state index contributed by atoms with van der Waals surface area (Å²) in [5, 5.41) is 15.1. The van der Waals surface area contributed by atoms with Crippen LogP contribution >= 0.6 is 23.2 Å². The molecule has 5 aromatic rings. The predicted octanol–water partition coefficient (Wildman–Crippen LogP) is 8.64. The quantitative estimate of drug-likeness (QED) is 0.155. The molecule has 1 unspecified atom stereocenters. The lowest BCUT2D eigenvalue weighted by Crippen LogP contribution is -2.39. The molecule has 4 aromatic carbocycles. The van der Waals surface area contributed by atoms with Gasteiger partial charge in [0.15, 0.2) is 6.10 Å². The van der Waals surface area contributed by atoms with Gasteiger partial charge >= 0.3 is 5.97 Å². The van der Waals surface area contributed by atoms with Gasteiger partial charge in [0.05, 0.1) is 11.2 Å². The van der Waals surface area contributed by atoms with Crippen molar-refractivity contribution < 1.29 is 14.6 Å². The van der Waals surface area contributed by atoms with Crippen LogP contribution in [0.1, 0.15) is 43.4 Å². The van der Waals surface area contributed by atoms with Gasteiger partial charge in [0.1, 0.15) is 5.75 Å². The molecule has 0 saturated heterocycles. The summed E-state index contributed by atoms with van der Waals surface area (Å²) >= 11 is 12.4. The Morgan fingerprint density at radius 1 is 0.810 bits per heavy atom. The smallest absolute Gasteiger partial charge is 0.345 e. The van der Waals surface area contributed by atoms with Crippen LogP contribution in [0.4, 0.5) is 11.4 Å². The van der Waals surface area contributed by atoms with E-state index in [1.54, 1.807) is 24.3 Å². The standard InChI is InChI=1S/C34H30Cl2N2O4/c1-34(2,3)32(33(40)41)42-26-15-13-25(14-16-26)37-29-19-30(39)38-28-17-8-22(18-27(28)29)31(20-4-9-23(35)10-5-20)21-6-11-24(36)12-7-21/h4-19,31-32H,1-3H3,(H,40,41)(H2,37,38,39). The van der Waals surface area contributed by atoms with Gasteiger partial charge in [0.25, 0.3) is 0 Å². The fraction of sp³-hybridized carbons (Fsp3) is 0.176. The third kappa shape index (κ3) is 6.62. The monoisotopic (exact) mass is 600 g/mol. The number of rotatable bonds is 8. The average Bonchev–Trinajstić information content (AvgIpc) is 2.94. The van der Waals surface area contributed by atoms with Crippen molar-refractivity contribution in [2.75, 3.05) is 5.32 Å². The lowest BCUT2D eigenvalue weighted by Gasteiger charge is -2.27. The first-order chi connectivity index (χ1) is 20.0. The molecule has 0 aliphatic heterocycles. The highest BCUT2D eigenvalue weighted by atomic mass is 35.5.